The SMILES string of the molecule is CCn1ccc(C2C(N)CC(=O)N2C(C)C)n1. The van der Waals surface area contributed by atoms with Crippen LogP contribution in [0.2, 0.25) is 0 Å². The van der Waals surface area contributed by atoms with Gasteiger partial charge in [0.05, 0.1) is 11.7 Å². The number of hydrogen-bond donors (Lipinski definition) is 1. The molecule has 1 fully saturated rings. The van der Waals surface area contributed by atoms with Crippen molar-refractivity contribution in [3.63, 3.8) is 0 Å². The molecule has 1 aliphatic heterocycles. The van der Waals surface area contributed by atoms with Gasteiger partial charge in [0.2, 0.25) is 5.91 Å². The average Bonchev–Trinajstić information content (AvgIpc) is 2.81. The maximum Gasteiger partial charge on any atom is 0.225 e. The Labute approximate surface area is 102 Å². The molecular formula is C12H20N4O. The summed E-state index contributed by atoms with van der Waals surface area (Å²) in [7, 11) is 0. The molecule has 1 aromatic rings. The van der Waals surface area contributed by atoms with E-state index >= 15 is 0 Å². The number of amides is 1. The number of hydrogen-bond acceptors (Lipinski definition) is 3. The van der Waals surface area contributed by atoms with Crippen molar-refractivity contribution in [1.29, 1.82) is 0 Å². The van der Waals surface area contributed by atoms with Gasteiger partial charge in [-0.1, -0.05) is 0 Å². The fraction of sp³-hybridized carbons (Fsp3) is 0.667. The van der Waals surface area contributed by atoms with Crippen LogP contribution in [-0.4, -0.2) is 32.7 Å². The Balaban J connectivity index is 2.31. The number of rotatable bonds is 3. The third kappa shape index (κ3) is 2.07. The molecule has 0 aliphatic carbocycles. The second kappa shape index (κ2) is 4.49. The minimum Gasteiger partial charge on any atom is -0.330 e. The summed E-state index contributed by atoms with van der Waals surface area (Å²) in [5, 5.41) is 4.47. The molecule has 1 aliphatic rings. The molecular weight excluding hydrogens is 216 g/mol. The first-order valence-corrected chi connectivity index (χ1v) is 6.14. The van der Waals surface area contributed by atoms with E-state index in [1.165, 1.54) is 0 Å². The molecule has 1 saturated heterocycles. The number of carbonyl (C=O) groups excluding carboxylic acids is 1. The minimum atomic E-state index is -0.148. The van der Waals surface area contributed by atoms with Gasteiger partial charge in [0.25, 0.3) is 0 Å². The second-order valence-corrected chi connectivity index (χ2v) is 4.80. The van der Waals surface area contributed by atoms with Gasteiger partial charge in [0.1, 0.15) is 0 Å². The number of aryl methyl sites for hydroxylation is 1. The number of nitrogens with zero attached hydrogens (tertiary/aromatic N) is 3. The van der Waals surface area contributed by atoms with E-state index in [1.54, 1.807) is 0 Å². The Morgan fingerprint density at radius 2 is 2.29 bits per heavy atom. The van der Waals surface area contributed by atoms with Crippen LogP contribution < -0.4 is 5.73 Å². The van der Waals surface area contributed by atoms with E-state index in [1.807, 2.05) is 42.6 Å². The molecule has 2 rings (SSSR count). The number of carbonyl (C=O) groups is 1. The maximum absolute atomic E-state index is 11.9. The van der Waals surface area contributed by atoms with Crippen LogP contribution in [0.15, 0.2) is 12.3 Å². The van der Waals surface area contributed by atoms with Crippen molar-refractivity contribution in [2.24, 2.45) is 5.73 Å². The molecule has 0 aromatic carbocycles. The molecule has 1 amide bonds. The number of nitrogens with two attached hydrogens (primary N) is 1. The molecule has 2 atom stereocenters. The van der Waals surface area contributed by atoms with Crippen molar-refractivity contribution in [3.05, 3.63) is 18.0 Å². The van der Waals surface area contributed by atoms with Crippen LogP contribution >= 0.6 is 0 Å². The zero-order valence-electron chi connectivity index (χ0n) is 10.6. The van der Waals surface area contributed by atoms with Gasteiger partial charge < -0.3 is 10.6 Å². The van der Waals surface area contributed by atoms with Crippen LogP contribution in [0.3, 0.4) is 0 Å². The van der Waals surface area contributed by atoms with E-state index < -0.39 is 0 Å². The van der Waals surface area contributed by atoms with Gasteiger partial charge in [0.15, 0.2) is 0 Å². The molecule has 17 heavy (non-hydrogen) atoms. The van der Waals surface area contributed by atoms with Gasteiger partial charge in [-0.05, 0) is 26.8 Å². The second-order valence-electron chi connectivity index (χ2n) is 4.80. The van der Waals surface area contributed by atoms with Crippen molar-refractivity contribution in [3.8, 4) is 0 Å². The zero-order chi connectivity index (χ0) is 12.6. The van der Waals surface area contributed by atoms with Crippen molar-refractivity contribution < 1.29 is 4.79 Å². The van der Waals surface area contributed by atoms with Gasteiger partial charge in [-0.15, -0.1) is 0 Å². The number of aromatic nitrogens is 2. The summed E-state index contributed by atoms with van der Waals surface area (Å²) in [6.45, 7) is 6.90. The minimum absolute atomic E-state index is 0.0738. The molecule has 0 radical (unpaired) electrons. The summed E-state index contributed by atoms with van der Waals surface area (Å²) in [4.78, 5) is 13.8. The molecule has 0 saturated carbocycles. The third-order valence-corrected chi connectivity index (χ3v) is 3.25. The van der Waals surface area contributed by atoms with Gasteiger partial charge in [-0.25, -0.2) is 0 Å². The molecule has 5 heteroatoms. The molecule has 1 aromatic heterocycles. The zero-order valence-corrected chi connectivity index (χ0v) is 10.6. The Morgan fingerprint density at radius 3 is 2.82 bits per heavy atom. The molecule has 2 N–H and O–H groups in total. The maximum atomic E-state index is 11.9. The highest BCUT2D eigenvalue weighted by Gasteiger charge is 2.41. The Bertz CT molecular complexity index is 412. The highest BCUT2D eigenvalue weighted by atomic mass is 16.2. The Kier molecular flexibility index (Phi) is 3.19. The topological polar surface area (TPSA) is 64.2 Å². The monoisotopic (exact) mass is 236 g/mol. The first-order chi connectivity index (χ1) is 8.04. The van der Waals surface area contributed by atoms with E-state index in [4.69, 9.17) is 5.73 Å². The van der Waals surface area contributed by atoms with Gasteiger partial charge in [-0.3, -0.25) is 9.48 Å². The van der Waals surface area contributed by atoms with Crippen LogP contribution in [0.5, 0.6) is 0 Å². The lowest BCUT2D eigenvalue weighted by Crippen LogP contribution is -2.38. The lowest BCUT2D eigenvalue weighted by atomic mass is 10.1. The van der Waals surface area contributed by atoms with Crippen molar-refractivity contribution in [2.75, 3.05) is 0 Å². The van der Waals surface area contributed by atoms with E-state index in [-0.39, 0.29) is 24.0 Å². The first-order valence-electron chi connectivity index (χ1n) is 6.14. The molecule has 0 bridgehead atoms. The molecule has 2 unspecified atom stereocenters. The van der Waals surface area contributed by atoms with Crippen molar-refractivity contribution in [1.82, 2.24) is 14.7 Å². The molecule has 94 valence electrons. The van der Waals surface area contributed by atoms with E-state index in [0.29, 0.717) is 6.42 Å². The summed E-state index contributed by atoms with van der Waals surface area (Å²) in [5.41, 5.74) is 6.97. The average molecular weight is 236 g/mol. The van der Waals surface area contributed by atoms with Crippen LogP contribution in [0.4, 0.5) is 0 Å². The lowest BCUT2D eigenvalue weighted by molar-refractivity contribution is -0.130. The highest BCUT2D eigenvalue weighted by molar-refractivity contribution is 5.80. The van der Waals surface area contributed by atoms with E-state index in [9.17, 15) is 4.79 Å². The van der Waals surface area contributed by atoms with Gasteiger partial charge in [-0.2, -0.15) is 5.10 Å². The van der Waals surface area contributed by atoms with Gasteiger partial charge >= 0.3 is 0 Å². The van der Waals surface area contributed by atoms with Crippen LogP contribution in [0.25, 0.3) is 0 Å². The number of likely N-dealkylation sites (tertiary alicyclic amines) is 1. The first kappa shape index (κ1) is 12.1. The Hall–Kier alpha value is -1.36. The van der Waals surface area contributed by atoms with Crippen LogP contribution in [-0.2, 0) is 11.3 Å². The summed E-state index contributed by atoms with van der Waals surface area (Å²) in [6, 6.07) is 1.90. The van der Waals surface area contributed by atoms with Crippen LogP contribution in [0.1, 0.15) is 38.9 Å². The third-order valence-electron chi connectivity index (χ3n) is 3.25. The smallest absolute Gasteiger partial charge is 0.225 e. The molecule has 2 heterocycles. The predicted molar refractivity (Wildman–Crippen MR) is 65.2 cm³/mol. The largest absolute Gasteiger partial charge is 0.330 e. The fourth-order valence-corrected chi connectivity index (χ4v) is 2.46. The molecule has 0 spiro atoms. The highest BCUT2D eigenvalue weighted by Crippen LogP contribution is 2.32. The van der Waals surface area contributed by atoms with Gasteiger partial charge in [0, 0.05) is 31.2 Å². The van der Waals surface area contributed by atoms with Crippen molar-refractivity contribution in [2.45, 2.75) is 51.9 Å². The fourth-order valence-electron chi connectivity index (χ4n) is 2.46. The van der Waals surface area contributed by atoms with E-state index in [0.717, 1.165) is 12.2 Å². The summed E-state index contributed by atoms with van der Waals surface area (Å²) >= 11 is 0. The normalized spacial score (nSPS) is 25.0. The summed E-state index contributed by atoms with van der Waals surface area (Å²) < 4.78 is 1.86. The summed E-state index contributed by atoms with van der Waals surface area (Å²) in [6.07, 6.45) is 2.35. The predicted octanol–water partition coefficient (Wildman–Crippen LogP) is 0.912. The quantitative estimate of drug-likeness (QED) is 0.848. The standard InChI is InChI=1S/C12H20N4O/c1-4-15-6-5-10(14-15)12-9(13)7-11(17)16(12)8(2)3/h5-6,8-9,12H,4,7,13H2,1-3H3. The lowest BCUT2D eigenvalue weighted by Gasteiger charge is -2.29. The van der Waals surface area contributed by atoms with E-state index in [2.05, 4.69) is 5.10 Å². The summed E-state index contributed by atoms with van der Waals surface area (Å²) in [5.74, 6) is 0.128. The molecule has 5 nitrogen and oxygen atoms in total. The van der Waals surface area contributed by atoms with Crippen LogP contribution in [0, 0.1) is 0 Å². The Morgan fingerprint density at radius 1 is 1.59 bits per heavy atom. The van der Waals surface area contributed by atoms with Crippen molar-refractivity contribution >= 4 is 5.91 Å².